The fraction of sp³-hybridized carbons (Fsp3) is 0.500. The molecule has 0 aliphatic heterocycles. The number of halogens is 1. The summed E-state index contributed by atoms with van der Waals surface area (Å²) in [6.45, 7) is 5.76. The van der Waals surface area contributed by atoms with Crippen LogP contribution in [0.3, 0.4) is 0 Å². The molecule has 1 N–H and O–H groups in total. The first kappa shape index (κ1) is 17.7. The lowest BCUT2D eigenvalue weighted by molar-refractivity contribution is -0.385. The molecule has 0 unspecified atom stereocenters. The second-order valence-electron chi connectivity index (χ2n) is 5.53. The van der Waals surface area contributed by atoms with Crippen molar-refractivity contribution in [2.45, 2.75) is 32.8 Å². The number of carbonyl (C=O) groups is 1. The van der Waals surface area contributed by atoms with E-state index in [4.69, 9.17) is 9.47 Å². The quantitative estimate of drug-likeness (QED) is 0.495. The molecule has 8 heteroatoms. The number of amides is 1. The summed E-state index contributed by atoms with van der Waals surface area (Å²) in [7, 11) is 0. The molecule has 0 atom stereocenters. The van der Waals surface area contributed by atoms with E-state index < -0.39 is 22.4 Å². The molecule has 7 nitrogen and oxygen atoms in total. The van der Waals surface area contributed by atoms with Gasteiger partial charge in [0, 0.05) is 12.6 Å². The molecule has 0 spiro atoms. The zero-order chi connectivity index (χ0) is 16.8. The Hall–Kier alpha value is -2.38. The summed E-state index contributed by atoms with van der Waals surface area (Å²) >= 11 is 0. The van der Waals surface area contributed by atoms with Crippen molar-refractivity contribution in [2.75, 3.05) is 13.2 Å². The smallest absolute Gasteiger partial charge is 0.407 e. The van der Waals surface area contributed by atoms with Crippen LogP contribution >= 0.6 is 0 Å². The monoisotopic (exact) mass is 314 g/mol. The van der Waals surface area contributed by atoms with Gasteiger partial charge in [-0.15, -0.1) is 0 Å². The van der Waals surface area contributed by atoms with Gasteiger partial charge >= 0.3 is 6.09 Å². The van der Waals surface area contributed by atoms with Crippen LogP contribution in [0.25, 0.3) is 0 Å². The lowest BCUT2D eigenvalue weighted by Crippen LogP contribution is -2.33. The van der Waals surface area contributed by atoms with Gasteiger partial charge in [-0.05, 0) is 27.2 Å². The lowest BCUT2D eigenvalue weighted by Gasteiger charge is -2.19. The van der Waals surface area contributed by atoms with E-state index in [1.807, 2.05) is 0 Å². The number of alkyl carbamates (subject to hydrolysis) is 1. The van der Waals surface area contributed by atoms with Crippen LogP contribution in [0.15, 0.2) is 18.2 Å². The minimum Gasteiger partial charge on any atom is -0.493 e. The fourth-order valence-corrected chi connectivity index (χ4v) is 1.50. The van der Waals surface area contributed by atoms with Gasteiger partial charge in [0.2, 0.25) is 0 Å². The number of nitrogens with one attached hydrogen (secondary N) is 1. The van der Waals surface area contributed by atoms with Gasteiger partial charge in [-0.3, -0.25) is 10.1 Å². The normalized spacial score (nSPS) is 10.9. The predicted molar refractivity (Wildman–Crippen MR) is 77.4 cm³/mol. The zero-order valence-electron chi connectivity index (χ0n) is 12.7. The molecule has 0 radical (unpaired) electrons. The summed E-state index contributed by atoms with van der Waals surface area (Å²) in [5.74, 6) is -0.667. The Bertz CT molecular complexity index is 543. The van der Waals surface area contributed by atoms with E-state index in [1.165, 1.54) is 0 Å². The maximum Gasteiger partial charge on any atom is 0.407 e. The Morgan fingerprint density at radius 1 is 1.36 bits per heavy atom. The van der Waals surface area contributed by atoms with Crippen LogP contribution in [0, 0.1) is 15.9 Å². The van der Waals surface area contributed by atoms with Crippen LogP contribution in [0.4, 0.5) is 14.9 Å². The molecular weight excluding hydrogens is 295 g/mol. The third-order valence-electron chi connectivity index (χ3n) is 2.32. The SMILES string of the molecule is CC(C)(C)OC(=O)NCCCOc1cc(F)cc([N+](=O)[O-])c1. The fourth-order valence-electron chi connectivity index (χ4n) is 1.50. The number of ether oxygens (including phenoxy) is 2. The summed E-state index contributed by atoms with van der Waals surface area (Å²) in [4.78, 5) is 21.3. The number of hydrogen-bond acceptors (Lipinski definition) is 5. The molecule has 0 saturated heterocycles. The Morgan fingerprint density at radius 3 is 2.64 bits per heavy atom. The van der Waals surface area contributed by atoms with E-state index in [2.05, 4.69) is 5.32 Å². The van der Waals surface area contributed by atoms with E-state index in [-0.39, 0.29) is 18.0 Å². The van der Waals surface area contributed by atoms with E-state index >= 15 is 0 Å². The van der Waals surface area contributed by atoms with E-state index in [0.29, 0.717) is 13.0 Å². The average Bonchev–Trinajstić information content (AvgIpc) is 2.35. The maximum atomic E-state index is 13.2. The largest absolute Gasteiger partial charge is 0.493 e. The highest BCUT2D eigenvalue weighted by Crippen LogP contribution is 2.21. The van der Waals surface area contributed by atoms with Crippen LogP contribution in [0.1, 0.15) is 27.2 Å². The molecule has 0 bridgehead atoms. The first-order valence-electron chi connectivity index (χ1n) is 6.72. The van der Waals surface area contributed by atoms with Crippen LogP contribution in [-0.4, -0.2) is 29.8 Å². The van der Waals surface area contributed by atoms with Gasteiger partial charge in [-0.25, -0.2) is 9.18 Å². The molecule has 0 aromatic heterocycles. The van der Waals surface area contributed by atoms with Crippen molar-refractivity contribution in [3.63, 3.8) is 0 Å². The number of non-ortho nitro benzene ring substituents is 1. The van der Waals surface area contributed by atoms with Crippen molar-refractivity contribution in [1.29, 1.82) is 0 Å². The first-order valence-corrected chi connectivity index (χ1v) is 6.72. The molecule has 0 fully saturated rings. The van der Waals surface area contributed by atoms with Gasteiger partial charge in [0.25, 0.3) is 5.69 Å². The van der Waals surface area contributed by atoms with Crippen LogP contribution in [0.5, 0.6) is 5.75 Å². The topological polar surface area (TPSA) is 90.7 Å². The lowest BCUT2D eigenvalue weighted by atomic mass is 10.2. The van der Waals surface area contributed by atoms with Crippen molar-refractivity contribution in [1.82, 2.24) is 5.32 Å². The van der Waals surface area contributed by atoms with Crippen molar-refractivity contribution in [2.24, 2.45) is 0 Å². The van der Waals surface area contributed by atoms with Gasteiger partial charge in [0.05, 0.1) is 23.7 Å². The van der Waals surface area contributed by atoms with E-state index in [0.717, 1.165) is 18.2 Å². The van der Waals surface area contributed by atoms with Crippen molar-refractivity contribution in [3.05, 3.63) is 34.1 Å². The second kappa shape index (κ2) is 7.58. The highest BCUT2D eigenvalue weighted by atomic mass is 19.1. The third kappa shape index (κ3) is 6.87. The Labute approximate surface area is 127 Å². The third-order valence-corrected chi connectivity index (χ3v) is 2.32. The molecule has 0 heterocycles. The van der Waals surface area contributed by atoms with E-state index in [1.54, 1.807) is 20.8 Å². The summed E-state index contributed by atoms with van der Waals surface area (Å²) in [5.41, 5.74) is -0.942. The number of nitrogens with zero attached hydrogens (tertiary/aromatic N) is 1. The summed E-state index contributed by atoms with van der Waals surface area (Å²) in [6.07, 6.45) is -0.0855. The molecule has 0 aliphatic rings. The van der Waals surface area contributed by atoms with Crippen LogP contribution < -0.4 is 10.1 Å². The van der Waals surface area contributed by atoms with Gasteiger partial charge in [-0.2, -0.15) is 0 Å². The Morgan fingerprint density at radius 2 is 2.05 bits per heavy atom. The predicted octanol–water partition coefficient (Wildman–Crippen LogP) is 3.03. The minimum atomic E-state index is -0.740. The van der Waals surface area contributed by atoms with Crippen LogP contribution in [-0.2, 0) is 4.74 Å². The summed E-state index contributed by atoms with van der Waals surface area (Å²) in [6, 6.07) is 3.02. The Balaban J connectivity index is 2.33. The highest BCUT2D eigenvalue weighted by molar-refractivity contribution is 5.67. The van der Waals surface area contributed by atoms with Gasteiger partial charge in [0.15, 0.2) is 0 Å². The zero-order valence-corrected chi connectivity index (χ0v) is 12.7. The summed E-state index contributed by atoms with van der Waals surface area (Å²) < 4.78 is 23.4. The number of carbonyl (C=O) groups excluding carboxylic acids is 1. The second-order valence-corrected chi connectivity index (χ2v) is 5.53. The van der Waals surface area contributed by atoms with Gasteiger partial charge in [0.1, 0.15) is 17.2 Å². The molecule has 22 heavy (non-hydrogen) atoms. The molecule has 122 valence electrons. The molecule has 1 rings (SSSR count). The number of hydrogen-bond donors (Lipinski definition) is 1. The molecule has 1 aromatic rings. The number of nitro benzene ring substituents is 1. The van der Waals surface area contributed by atoms with Crippen molar-refractivity contribution < 1.29 is 23.6 Å². The standard InChI is InChI=1S/C14H19FN2O5/c1-14(2,3)22-13(18)16-5-4-6-21-12-8-10(15)7-11(9-12)17(19)20/h7-9H,4-6H2,1-3H3,(H,16,18). The molecule has 1 aromatic carbocycles. The first-order chi connectivity index (χ1) is 10.2. The average molecular weight is 314 g/mol. The highest BCUT2D eigenvalue weighted by Gasteiger charge is 2.15. The molecular formula is C14H19FN2O5. The molecule has 0 saturated carbocycles. The van der Waals surface area contributed by atoms with E-state index in [9.17, 15) is 19.3 Å². The van der Waals surface area contributed by atoms with Crippen molar-refractivity contribution >= 4 is 11.8 Å². The summed E-state index contributed by atoms with van der Waals surface area (Å²) in [5, 5.41) is 13.1. The number of benzene rings is 1. The van der Waals surface area contributed by atoms with Crippen LogP contribution in [0.2, 0.25) is 0 Å². The maximum absolute atomic E-state index is 13.2. The number of nitro groups is 1. The van der Waals surface area contributed by atoms with Gasteiger partial charge < -0.3 is 14.8 Å². The van der Waals surface area contributed by atoms with Crippen molar-refractivity contribution in [3.8, 4) is 5.75 Å². The Kier molecular flexibility index (Phi) is 6.09. The molecule has 0 aliphatic carbocycles. The molecule has 1 amide bonds. The van der Waals surface area contributed by atoms with Gasteiger partial charge in [-0.1, -0.05) is 0 Å². The number of rotatable bonds is 6. The minimum absolute atomic E-state index is 0.0731.